The van der Waals surface area contributed by atoms with E-state index in [2.05, 4.69) is 0 Å². The fourth-order valence-corrected chi connectivity index (χ4v) is 4.56. The molecule has 0 aliphatic carbocycles. The number of nitrogens with zero attached hydrogens (tertiary/aromatic N) is 4. The molecule has 37 heavy (non-hydrogen) atoms. The third kappa shape index (κ3) is 4.35. The highest BCUT2D eigenvalue weighted by Crippen LogP contribution is 2.38. The van der Waals surface area contributed by atoms with E-state index in [4.69, 9.17) is 4.74 Å². The van der Waals surface area contributed by atoms with E-state index in [9.17, 15) is 34.1 Å². The smallest absolute Gasteiger partial charge is 0.314 e. The van der Waals surface area contributed by atoms with Crippen molar-refractivity contribution in [3.63, 3.8) is 0 Å². The maximum absolute atomic E-state index is 14.1. The maximum atomic E-state index is 14.1. The number of carbonyl (C=O) groups is 1. The summed E-state index contributed by atoms with van der Waals surface area (Å²) in [5.41, 5.74) is -2.69. The minimum atomic E-state index is -1.03. The molecule has 2 aliphatic rings. The van der Waals surface area contributed by atoms with Gasteiger partial charge in [-0.1, -0.05) is 0 Å². The van der Waals surface area contributed by atoms with Crippen LogP contribution in [0.2, 0.25) is 0 Å². The van der Waals surface area contributed by atoms with Crippen LogP contribution in [-0.2, 0) is 0 Å². The molecule has 1 fully saturated rings. The van der Waals surface area contributed by atoms with Gasteiger partial charge in [0, 0.05) is 12.6 Å². The van der Waals surface area contributed by atoms with Crippen LogP contribution in [0.3, 0.4) is 0 Å². The maximum Gasteiger partial charge on any atom is 0.314 e. The zero-order valence-corrected chi connectivity index (χ0v) is 20.9. The van der Waals surface area contributed by atoms with E-state index >= 15 is 0 Å². The van der Waals surface area contributed by atoms with Crippen LogP contribution in [0.25, 0.3) is 0 Å². The molecule has 1 unspecified atom stereocenters. The molecule has 1 amide bonds. The molecule has 0 spiro atoms. The van der Waals surface area contributed by atoms with Crippen LogP contribution < -0.4 is 4.74 Å². The fraction of sp³-hybridized carbons (Fsp3) is 0.440. The van der Waals surface area contributed by atoms with E-state index < -0.39 is 50.8 Å². The number of hydrogen-bond donors (Lipinski definition) is 1. The number of carbonyl (C=O) groups excluding carboxylic acids is 1. The number of nitro benzene ring substituents is 1. The highest BCUT2D eigenvalue weighted by Gasteiger charge is 2.59. The molecule has 0 aromatic heterocycles. The highest BCUT2D eigenvalue weighted by atomic mass is 19.1. The summed E-state index contributed by atoms with van der Waals surface area (Å²) in [4.78, 5) is 25.4. The second-order valence-electron chi connectivity index (χ2n) is 10.2. The second kappa shape index (κ2) is 9.25. The minimum absolute atomic E-state index is 0.0935. The van der Waals surface area contributed by atoms with Crippen LogP contribution >= 0.6 is 0 Å². The Balaban J connectivity index is 1.57. The van der Waals surface area contributed by atoms with Crippen LogP contribution in [0, 0.1) is 27.0 Å². The van der Waals surface area contributed by atoms with E-state index in [0.29, 0.717) is 24.1 Å². The predicted octanol–water partition coefficient (Wildman–Crippen LogP) is 4.08. The van der Waals surface area contributed by atoms with Gasteiger partial charge in [-0.05, 0) is 70.9 Å². The lowest BCUT2D eigenvalue weighted by Gasteiger charge is -2.33. The number of nitro groups is 1. The summed E-state index contributed by atoms with van der Waals surface area (Å²) in [6.07, 6.45) is 1.12. The first-order valence-corrected chi connectivity index (χ1v) is 11.8. The predicted molar refractivity (Wildman–Crippen MR) is 129 cm³/mol. The van der Waals surface area contributed by atoms with E-state index in [0.717, 1.165) is 29.3 Å². The third-order valence-electron chi connectivity index (χ3n) is 7.57. The van der Waals surface area contributed by atoms with Gasteiger partial charge in [0.25, 0.3) is 5.91 Å². The van der Waals surface area contributed by atoms with Crippen LogP contribution in [0.4, 0.5) is 14.5 Å². The number of halogens is 2. The number of ether oxygens (including phenoxy) is 1. The molecule has 2 aromatic rings. The number of amidine groups is 1. The fourth-order valence-electron chi connectivity index (χ4n) is 4.56. The molecule has 0 bridgehead atoms. The van der Waals surface area contributed by atoms with Crippen molar-refractivity contribution >= 4 is 17.4 Å². The molecule has 198 valence electrons. The van der Waals surface area contributed by atoms with Crippen LogP contribution in [0.1, 0.15) is 56.5 Å². The number of hydrogen-bond acceptors (Lipinski definition) is 7. The topological polar surface area (TPSA) is 122 Å². The van der Waals surface area contributed by atoms with Gasteiger partial charge in [0.15, 0.2) is 11.3 Å². The minimum Gasteiger partial charge on any atom is -0.714 e. The van der Waals surface area contributed by atoms with Crippen LogP contribution in [0.15, 0.2) is 36.4 Å². The number of likely N-dealkylation sites (tertiary alicyclic amines) is 1. The number of amides is 1. The molecule has 1 atom stereocenters. The number of benzene rings is 2. The average Bonchev–Trinajstić information content (AvgIpc) is 3.36. The van der Waals surface area contributed by atoms with Crippen molar-refractivity contribution in [1.29, 1.82) is 0 Å². The first kappa shape index (κ1) is 26.3. The molecule has 12 heteroatoms. The van der Waals surface area contributed by atoms with Crippen molar-refractivity contribution < 1.29 is 33.2 Å². The van der Waals surface area contributed by atoms with Crippen LogP contribution in [0.5, 0.6) is 5.75 Å². The van der Waals surface area contributed by atoms with E-state index in [1.54, 1.807) is 27.7 Å². The zero-order chi connectivity index (χ0) is 27.3. The third-order valence-corrected chi connectivity index (χ3v) is 7.57. The Labute approximate surface area is 212 Å². The summed E-state index contributed by atoms with van der Waals surface area (Å²) in [5, 5.41) is 36.3. The average molecular weight is 519 g/mol. The van der Waals surface area contributed by atoms with Crippen molar-refractivity contribution in [3.8, 4) is 5.75 Å². The van der Waals surface area contributed by atoms with Crippen molar-refractivity contribution in [2.24, 2.45) is 0 Å². The van der Waals surface area contributed by atoms with Crippen molar-refractivity contribution in [2.45, 2.75) is 57.7 Å². The Bertz CT molecular complexity index is 1300. The van der Waals surface area contributed by atoms with Gasteiger partial charge in [-0.15, -0.1) is 5.06 Å². The summed E-state index contributed by atoms with van der Waals surface area (Å²) in [6.45, 7) is 6.87. The molecule has 4 rings (SSSR count). The Morgan fingerprint density at radius 1 is 1.22 bits per heavy atom. The van der Waals surface area contributed by atoms with Gasteiger partial charge in [-0.3, -0.25) is 19.6 Å². The van der Waals surface area contributed by atoms with Gasteiger partial charge in [-0.25, -0.2) is 14.0 Å². The molecule has 2 aliphatic heterocycles. The molecule has 0 radical (unpaired) electrons. The lowest BCUT2D eigenvalue weighted by Crippen LogP contribution is -2.53. The van der Waals surface area contributed by atoms with Gasteiger partial charge < -0.3 is 14.8 Å². The second-order valence-corrected chi connectivity index (χ2v) is 10.2. The largest absolute Gasteiger partial charge is 0.714 e. The molecular formula is C25H28F2N4O6. The van der Waals surface area contributed by atoms with E-state index in [1.807, 2.05) is 0 Å². The molecule has 0 saturated carbocycles. The SMILES string of the molecule is CC1(C)N(O)C(c2ccc(OCC3CCCN3C(=O)c3cc(F)ccc3F)c([N+](=O)[O-])c2)=[N+]([O-])C1(C)C. The van der Waals surface area contributed by atoms with Crippen LogP contribution in [-0.4, -0.2) is 66.8 Å². The van der Waals surface area contributed by atoms with Gasteiger partial charge in [-0.2, -0.15) is 0 Å². The van der Waals surface area contributed by atoms with E-state index in [1.165, 1.54) is 17.0 Å². The zero-order valence-electron chi connectivity index (χ0n) is 20.9. The van der Waals surface area contributed by atoms with E-state index in [-0.39, 0.29) is 23.8 Å². The highest BCUT2D eigenvalue weighted by molar-refractivity contribution is 5.97. The molecular weight excluding hydrogens is 490 g/mol. The molecule has 10 nitrogen and oxygen atoms in total. The Morgan fingerprint density at radius 3 is 2.54 bits per heavy atom. The lowest BCUT2D eigenvalue weighted by atomic mass is 9.84. The monoisotopic (exact) mass is 518 g/mol. The van der Waals surface area contributed by atoms with Gasteiger partial charge >= 0.3 is 11.5 Å². The summed E-state index contributed by atoms with van der Waals surface area (Å²) in [6, 6.07) is 6.05. The molecule has 1 N–H and O–H groups in total. The normalized spacial score (nSPS) is 20.5. The lowest BCUT2D eigenvalue weighted by molar-refractivity contribution is -0.539. The Kier molecular flexibility index (Phi) is 6.57. The van der Waals surface area contributed by atoms with Gasteiger partial charge in [0.05, 0.1) is 22.1 Å². The standard InChI is InChI=1S/C25H28F2N4O6/c1-24(2)25(3,4)30(34)22(29(24)33)15-7-10-21(20(12-15)31(35)36)37-14-17-6-5-11-28(17)23(32)18-13-16(26)8-9-19(18)27/h7-10,12-13,17,33H,5-6,11,14H2,1-4H3. The number of hydroxylamine groups is 3. The van der Waals surface area contributed by atoms with Crippen molar-refractivity contribution in [1.82, 2.24) is 9.96 Å². The Morgan fingerprint density at radius 2 is 1.92 bits per heavy atom. The quantitative estimate of drug-likeness (QED) is 0.265. The molecule has 1 saturated heterocycles. The summed E-state index contributed by atoms with van der Waals surface area (Å²) in [5.74, 6) is -2.49. The summed E-state index contributed by atoms with van der Waals surface area (Å²) < 4.78 is 34.1. The Hall–Kier alpha value is -3.80. The van der Waals surface area contributed by atoms with Gasteiger partial charge in [0.2, 0.25) is 0 Å². The van der Waals surface area contributed by atoms with Gasteiger partial charge in [0.1, 0.15) is 23.8 Å². The molecule has 2 heterocycles. The summed E-state index contributed by atoms with van der Waals surface area (Å²) in [7, 11) is 0. The molecule has 2 aromatic carbocycles. The first-order chi connectivity index (χ1) is 17.3. The van der Waals surface area contributed by atoms with Crippen molar-refractivity contribution in [2.75, 3.05) is 13.2 Å². The number of rotatable bonds is 6. The summed E-state index contributed by atoms with van der Waals surface area (Å²) >= 11 is 0. The van der Waals surface area contributed by atoms with Crippen molar-refractivity contribution in [3.05, 3.63) is 74.5 Å². The first-order valence-electron chi connectivity index (χ1n) is 11.8.